The number of benzene rings is 2. The molecule has 0 radical (unpaired) electrons. The number of thiazole rings is 1. The van der Waals surface area contributed by atoms with Crippen LogP contribution in [-0.4, -0.2) is 27.9 Å². The average molecular weight is 451 g/mol. The quantitative estimate of drug-likeness (QED) is 0.522. The zero-order valence-corrected chi connectivity index (χ0v) is 18.0. The molecule has 1 aromatic heterocycles. The molecule has 28 heavy (non-hydrogen) atoms. The number of hydrogen-bond donors (Lipinski definition) is 2. The lowest BCUT2D eigenvalue weighted by atomic mass is 10.1. The van der Waals surface area contributed by atoms with Gasteiger partial charge in [-0.1, -0.05) is 46.7 Å². The second kappa shape index (κ2) is 8.29. The van der Waals surface area contributed by atoms with Crippen LogP contribution in [0, 0.1) is 0 Å². The first kappa shape index (κ1) is 19.5. The number of anilines is 2. The average Bonchev–Trinajstić information content (AvgIpc) is 3.19. The van der Waals surface area contributed by atoms with Gasteiger partial charge in [0, 0.05) is 12.2 Å². The summed E-state index contributed by atoms with van der Waals surface area (Å²) in [6, 6.07) is 11.5. The molecule has 0 aliphatic carbocycles. The Balaban J connectivity index is 1.32. The summed E-state index contributed by atoms with van der Waals surface area (Å²) in [6.07, 6.45) is 0.864. The molecule has 0 spiro atoms. The summed E-state index contributed by atoms with van der Waals surface area (Å²) in [7, 11) is 0. The molecule has 3 aromatic rings. The molecule has 4 rings (SSSR count). The Labute approximate surface area is 180 Å². The number of halogens is 2. The molecule has 0 fully saturated rings. The lowest BCUT2D eigenvalue weighted by Crippen LogP contribution is -2.06. The highest BCUT2D eigenvalue weighted by atomic mass is 35.5. The molecule has 0 amide bonds. The van der Waals surface area contributed by atoms with Gasteiger partial charge in [-0.3, -0.25) is 4.79 Å². The number of carbonyl (C=O) groups excluding carboxylic acids is 1. The van der Waals surface area contributed by atoms with E-state index in [2.05, 4.69) is 32.7 Å². The van der Waals surface area contributed by atoms with Gasteiger partial charge in [0.25, 0.3) is 0 Å². The topological polar surface area (TPSA) is 66.4 Å². The van der Waals surface area contributed by atoms with Gasteiger partial charge in [0.05, 0.1) is 20.3 Å². The van der Waals surface area contributed by atoms with Crippen molar-refractivity contribution >= 4 is 77.6 Å². The summed E-state index contributed by atoms with van der Waals surface area (Å²) in [5.41, 5.74) is 2.97. The molecule has 0 bridgehead atoms. The van der Waals surface area contributed by atoms with E-state index < -0.39 is 0 Å². The number of aliphatic imine (C=N–C) groups is 1. The van der Waals surface area contributed by atoms with Gasteiger partial charge in [0.1, 0.15) is 6.04 Å². The number of rotatable bonds is 5. The smallest absolute Gasteiger partial charge is 0.220 e. The van der Waals surface area contributed by atoms with Crippen LogP contribution in [0.25, 0.3) is 10.2 Å². The van der Waals surface area contributed by atoms with E-state index in [0.29, 0.717) is 15.2 Å². The van der Waals surface area contributed by atoms with Gasteiger partial charge < -0.3 is 10.6 Å². The van der Waals surface area contributed by atoms with Crippen LogP contribution in [0.1, 0.15) is 12.5 Å². The summed E-state index contributed by atoms with van der Waals surface area (Å²) in [4.78, 5) is 20.4. The Morgan fingerprint density at radius 3 is 2.61 bits per heavy atom. The molecular formula is C19H16Cl2N4OS2. The van der Waals surface area contributed by atoms with Gasteiger partial charge >= 0.3 is 0 Å². The number of fused-ring (bicyclic) bond motifs is 1. The second-order valence-corrected chi connectivity index (χ2v) is 9.12. The minimum atomic E-state index is -0.271. The molecule has 2 heterocycles. The third-order valence-corrected chi connectivity index (χ3v) is 6.82. The molecule has 1 aliphatic rings. The Morgan fingerprint density at radius 1 is 1.14 bits per heavy atom. The van der Waals surface area contributed by atoms with E-state index in [4.69, 9.17) is 23.2 Å². The van der Waals surface area contributed by atoms with E-state index in [-0.39, 0.29) is 11.2 Å². The van der Waals surface area contributed by atoms with Gasteiger partial charge in [-0.15, -0.1) is 0 Å². The van der Waals surface area contributed by atoms with Crippen molar-refractivity contribution < 1.29 is 4.79 Å². The van der Waals surface area contributed by atoms with Crippen molar-refractivity contribution in [3.63, 3.8) is 0 Å². The minimum Gasteiger partial charge on any atom is -0.361 e. The molecule has 0 saturated carbocycles. The minimum absolute atomic E-state index is 0.0737. The molecule has 1 atom stereocenters. The fraction of sp³-hybridized carbons (Fsp3) is 0.211. The largest absolute Gasteiger partial charge is 0.361 e. The Hall–Kier alpha value is -1.80. The standard InChI is InChI=1S/C19H16Cl2N4OS2/c1-10-17(26)28-19(23-10)24-12-4-2-11(3-5-12)6-7-22-18-25-15-8-13(20)14(21)9-16(15)27-18/h2-5,8-10H,6-7H2,1H3,(H,22,25)(H,23,24)/t10-/m0/s1. The maximum absolute atomic E-state index is 11.5. The number of thioether (sulfide) groups is 1. The van der Waals surface area contributed by atoms with Crippen molar-refractivity contribution in [3.8, 4) is 0 Å². The molecular weight excluding hydrogens is 435 g/mol. The number of nitrogens with zero attached hydrogens (tertiary/aromatic N) is 2. The van der Waals surface area contributed by atoms with Crippen molar-refractivity contribution in [2.24, 2.45) is 4.99 Å². The van der Waals surface area contributed by atoms with Crippen LogP contribution >= 0.6 is 46.3 Å². The van der Waals surface area contributed by atoms with Crippen LogP contribution in [0.15, 0.2) is 41.4 Å². The summed E-state index contributed by atoms with van der Waals surface area (Å²) in [6.45, 7) is 2.57. The van der Waals surface area contributed by atoms with Gasteiger partial charge in [-0.25, -0.2) is 9.98 Å². The highest BCUT2D eigenvalue weighted by Gasteiger charge is 2.23. The molecule has 9 heteroatoms. The van der Waals surface area contributed by atoms with Gasteiger partial charge in [-0.05, 0) is 54.9 Å². The number of hydrogen-bond acceptors (Lipinski definition) is 7. The van der Waals surface area contributed by atoms with E-state index >= 15 is 0 Å². The van der Waals surface area contributed by atoms with Crippen LogP contribution in [-0.2, 0) is 11.2 Å². The first-order valence-electron chi connectivity index (χ1n) is 8.63. The molecule has 0 saturated heterocycles. The SMILES string of the molecule is C[C@@H]1N=C(Nc2ccc(CCNc3nc4cc(Cl)c(Cl)cc4s3)cc2)SC1=O. The van der Waals surface area contributed by atoms with Crippen LogP contribution in [0.5, 0.6) is 0 Å². The lowest BCUT2D eigenvalue weighted by Gasteiger charge is -2.07. The Bertz CT molecular complexity index is 1030. The van der Waals surface area contributed by atoms with E-state index in [0.717, 1.165) is 45.8 Å². The zero-order chi connectivity index (χ0) is 19.7. The van der Waals surface area contributed by atoms with Crippen LogP contribution in [0.4, 0.5) is 10.8 Å². The first-order valence-corrected chi connectivity index (χ1v) is 11.0. The molecule has 2 aromatic carbocycles. The molecule has 144 valence electrons. The fourth-order valence-electron chi connectivity index (χ4n) is 2.68. The number of nitrogens with one attached hydrogen (secondary N) is 2. The van der Waals surface area contributed by atoms with Crippen LogP contribution in [0.2, 0.25) is 10.0 Å². The van der Waals surface area contributed by atoms with Crippen molar-refractivity contribution in [2.45, 2.75) is 19.4 Å². The molecule has 2 N–H and O–H groups in total. The maximum atomic E-state index is 11.5. The summed E-state index contributed by atoms with van der Waals surface area (Å²) < 4.78 is 1.01. The van der Waals surface area contributed by atoms with Crippen LogP contribution < -0.4 is 10.6 Å². The third-order valence-electron chi connectivity index (χ3n) is 4.17. The monoisotopic (exact) mass is 450 g/mol. The molecule has 1 aliphatic heterocycles. The van der Waals surface area contributed by atoms with E-state index in [1.54, 1.807) is 24.3 Å². The number of carbonyl (C=O) groups is 1. The third kappa shape index (κ3) is 4.43. The predicted octanol–water partition coefficient (Wildman–Crippen LogP) is 5.69. The van der Waals surface area contributed by atoms with Gasteiger partial charge in [-0.2, -0.15) is 0 Å². The van der Waals surface area contributed by atoms with E-state index in [9.17, 15) is 4.79 Å². The highest BCUT2D eigenvalue weighted by Crippen LogP contribution is 2.33. The maximum Gasteiger partial charge on any atom is 0.220 e. The van der Waals surface area contributed by atoms with Crippen molar-refractivity contribution in [2.75, 3.05) is 17.2 Å². The highest BCUT2D eigenvalue weighted by molar-refractivity contribution is 8.27. The lowest BCUT2D eigenvalue weighted by molar-refractivity contribution is -0.111. The van der Waals surface area contributed by atoms with Crippen molar-refractivity contribution in [1.82, 2.24) is 4.98 Å². The van der Waals surface area contributed by atoms with E-state index in [1.807, 2.05) is 18.2 Å². The van der Waals surface area contributed by atoms with Crippen molar-refractivity contribution in [1.29, 1.82) is 0 Å². The van der Waals surface area contributed by atoms with Crippen molar-refractivity contribution in [3.05, 3.63) is 52.0 Å². The molecule has 5 nitrogen and oxygen atoms in total. The van der Waals surface area contributed by atoms with Crippen LogP contribution in [0.3, 0.4) is 0 Å². The summed E-state index contributed by atoms with van der Waals surface area (Å²) in [5, 5.41) is 9.16. The summed E-state index contributed by atoms with van der Waals surface area (Å²) in [5.74, 6) is 0. The van der Waals surface area contributed by atoms with Gasteiger partial charge in [0.2, 0.25) is 5.12 Å². The predicted molar refractivity (Wildman–Crippen MR) is 121 cm³/mol. The fourth-order valence-corrected chi connectivity index (χ4v) is 4.78. The number of aromatic nitrogens is 1. The summed E-state index contributed by atoms with van der Waals surface area (Å²) >= 11 is 14.8. The normalized spacial score (nSPS) is 16.5. The number of amidine groups is 1. The van der Waals surface area contributed by atoms with Gasteiger partial charge in [0.15, 0.2) is 10.3 Å². The zero-order valence-electron chi connectivity index (χ0n) is 14.8. The Morgan fingerprint density at radius 2 is 1.89 bits per heavy atom. The first-order chi connectivity index (χ1) is 13.5. The second-order valence-electron chi connectivity index (χ2n) is 6.28. The Kier molecular flexibility index (Phi) is 5.78. The van der Waals surface area contributed by atoms with E-state index in [1.165, 1.54) is 5.56 Å². The molecule has 0 unspecified atom stereocenters.